The molecular weight excluding hydrogens is 285 g/mol. The molecule has 2 aromatic rings. The normalized spacial score (nSPS) is 11.9. The molecule has 2 rings (SSSR count). The minimum atomic E-state index is -1.06. The van der Waals surface area contributed by atoms with Crippen molar-refractivity contribution < 1.29 is 19.0 Å². The summed E-state index contributed by atoms with van der Waals surface area (Å²) in [6.07, 6.45) is 0.173. The first kappa shape index (κ1) is 16.0. The number of carboxylic acid groups (broad SMARTS) is 1. The van der Waals surface area contributed by atoms with Crippen molar-refractivity contribution in [1.82, 2.24) is 0 Å². The van der Waals surface area contributed by atoms with Crippen LogP contribution in [0.4, 0.5) is 4.39 Å². The van der Waals surface area contributed by atoms with E-state index in [1.165, 1.54) is 0 Å². The molecule has 1 atom stereocenters. The van der Waals surface area contributed by atoms with Crippen LogP contribution in [0, 0.1) is 0 Å². The summed E-state index contributed by atoms with van der Waals surface area (Å²) in [7, 11) is 0. The first-order valence-electron chi connectivity index (χ1n) is 6.97. The Morgan fingerprint density at radius 3 is 2.59 bits per heavy atom. The topological polar surface area (TPSA) is 72.5 Å². The number of aliphatic carboxylic acids is 1. The Hall–Kier alpha value is -2.40. The van der Waals surface area contributed by atoms with Gasteiger partial charge in [-0.2, -0.15) is 0 Å². The van der Waals surface area contributed by atoms with Crippen LogP contribution in [0.15, 0.2) is 48.5 Å². The number of carbonyl (C=O) groups is 1. The average Bonchev–Trinajstić information content (AvgIpc) is 2.53. The Labute approximate surface area is 128 Å². The van der Waals surface area contributed by atoms with Crippen molar-refractivity contribution in [2.45, 2.75) is 12.5 Å². The summed E-state index contributed by atoms with van der Waals surface area (Å²) < 4.78 is 17.5. The number of hydrogen-bond donors (Lipinski definition) is 2. The summed E-state index contributed by atoms with van der Waals surface area (Å²) in [6, 6.07) is 13.9. The van der Waals surface area contributed by atoms with E-state index in [0.29, 0.717) is 5.75 Å². The second-order valence-corrected chi connectivity index (χ2v) is 4.87. The van der Waals surface area contributed by atoms with E-state index in [1.54, 1.807) is 12.1 Å². The summed E-state index contributed by atoms with van der Waals surface area (Å²) in [5.74, 6) is -0.556. The third-order valence-corrected chi connectivity index (χ3v) is 3.26. The molecule has 0 heterocycles. The quantitative estimate of drug-likeness (QED) is 0.825. The lowest BCUT2D eigenvalue weighted by Gasteiger charge is -2.14. The molecule has 0 saturated carbocycles. The maximum absolute atomic E-state index is 12.2. The highest BCUT2D eigenvalue weighted by Gasteiger charge is 2.16. The molecule has 0 aliphatic heterocycles. The molecule has 0 radical (unpaired) electrons. The molecule has 0 spiro atoms. The second kappa shape index (κ2) is 7.56. The number of rotatable bonds is 7. The molecule has 0 bridgehead atoms. The lowest BCUT2D eigenvalue weighted by Crippen LogP contribution is -2.32. The molecule has 5 heteroatoms. The third kappa shape index (κ3) is 4.05. The molecule has 0 aliphatic rings. The first-order chi connectivity index (χ1) is 10.6. The van der Waals surface area contributed by atoms with Gasteiger partial charge in [0.05, 0.1) is 0 Å². The Kier molecular flexibility index (Phi) is 5.49. The Bertz CT molecular complexity index is 631. The van der Waals surface area contributed by atoms with Crippen LogP contribution in [-0.2, 0) is 11.2 Å². The lowest BCUT2D eigenvalue weighted by atomic mass is 9.95. The highest BCUT2D eigenvalue weighted by molar-refractivity contribution is 5.75. The predicted molar refractivity (Wildman–Crippen MR) is 82.7 cm³/mol. The molecule has 116 valence electrons. The number of halogens is 1. The fraction of sp³-hybridized carbons (Fsp3) is 0.235. The van der Waals surface area contributed by atoms with E-state index in [0.717, 1.165) is 16.7 Å². The van der Waals surface area contributed by atoms with Gasteiger partial charge < -0.3 is 15.6 Å². The standard InChI is InChI=1S/C17H18FNO3/c18-8-9-22-14-6-7-15(12-4-2-1-3-5-12)13(10-14)11-16(19)17(20)21/h1-7,10,16H,8-9,11,19H2,(H,20,21). The number of hydrogen-bond acceptors (Lipinski definition) is 3. The first-order valence-corrected chi connectivity index (χ1v) is 6.97. The zero-order valence-electron chi connectivity index (χ0n) is 12.0. The average molecular weight is 303 g/mol. The number of carboxylic acids is 1. The van der Waals surface area contributed by atoms with Crippen LogP contribution >= 0.6 is 0 Å². The molecule has 3 N–H and O–H groups in total. The van der Waals surface area contributed by atoms with Crippen molar-refractivity contribution in [1.29, 1.82) is 0 Å². The maximum Gasteiger partial charge on any atom is 0.320 e. The van der Waals surface area contributed by atoms with Crippen LogP contribution in [0.3, 0.4) is 0 Å². The van der Waals surface area contributed by atoms with Crippen molar-refractivity contribution in [2.24, 2.45) is 5.73 Å². The highest BCUT2D eigenvalue weighted by Crippen LogP contribution is 2.28. The van der Waals surface area contributed by atoms with Gasteiger partial charge in [0.15, 0.2) is 0 Å². The van der Waals surface area contributed by atoms with Gasteiger partial charge >= 0.3 is 5.97 Å². The van der Waals surface area contributed by atoms with Crippen LogP contribution in [0.2, 0.25) is 0 Å². The molecule has 4 nitrogen and oxygen atoms in total. The minimum Gasteiger partial charge on any atom is -0.491 e. The van der Waals surface area contributed by atoms with Crippen molar-refractivity contribution in [3.63, 3.8) is 0 Å². The largest absolute Gasteiger partial charge is 0.491 e. The Morgan fingerprint density at radius 2 is 1.95 bits per heavy atom. The van der Waals surface area contributed by atoms with Gasteiger partial charge in [-0.15, -0.1) is 0 Å². The lowest BCUT2D eigenvalue weighted by molar-refractivity contribution is -0.138. The van der Waals surface area contributed by atoms with Gasteiger partial charge in [-0.05, 0) is 35.2 Å². The van der Waals surface area contributed by atoms with E-state index in [2.05, 4.69) is 0 Å². The summed E-state index contributed by atoms with van der Waals surface area (Å²) >= 11 is 0. The van der Waals surface area contributed by atoms with Gasteiger partial charge in [-0.25, -0.2) is 4.39 Å². The van der Waals surface area contributed by atoms with Gasteiger partial charge in [0.1, 0.15) is 25.1 Å². The van der Waals surface area contributed by atoms with E-state index in [9.17, 15) is 9.18 Å². The highest BCUT2D eigenvalue weighted by atomic mass is 19.1. The van der Waals surface area contributed by atoms with Crippen molar-refractivity contribution >= 4 is 5.97 Å². The fourth-order valence-corrected chi connectivity index (χ4v) is 2.21. The van der Waals surface area contributed by atoms with E-state index >= 15 is 0 Å². The fourth-order valence-electron chi connectivity index (χ4n) is 2.21. The maximum atomic E-state index is 12.2. The monoisotopic (exact) mass is 303 g/mol. The number of nitrogens with two attached hydrogens (primary N) is 1. The summed E-state index contributed by atoms with van der Waals surface area (Å²) in [5.41, 5.74) is 8.27. The van der Waals surface area contributed by atoms with Gasteiger partial charge in [0.2, 0.25) is 0 Å². The van der Waals surface area contributed by atoms with Crippen LogP contribution < -0.4 is 10.5 Å². The number of ether oxygens (including phenoxy) is 1. The number of benzene rings is 2. The summed E-state index contributed by atoms with van der Waals surface area (Å²) in [6.45, 7) is -0.612. The zero-order chi connectivity index (χ0) is 15.9. The van der Waals surface area contributed by atoms with Crippen molar-refractivity contribution in [2.75, 3.05) is 13.3 Å². The van der Waals surface area contributed by atoms with Crippen LogP contribution in [0.1, 0.15) is 5.56 Å². The Morgan fingerprint density at radius 1 is 1.23 bits per heavy atom. The van der Waals surface area contributed by atoms with Gasteiger partial charge in [-0.3, -0.25) is 4.79 Å². The predicted octanol–water partition coefficient (Wildman–Crippen LogP) is 2.66. The van der Waals surface area contributed by atoms with Crippen LogP contribution in [0.25, 0.3) is 11.1 Å². The molecule has 2 aromatic carbocycles. The van der Waals surface area contributed by atoms with Gasteiger partial charge in [0, 0.05) is 0 Å². The third-order valence-electron chi connectivity index (χ3n) is 3.26. The molecule has 0 saturated heterocycles. The molecule has 0 fully saturated rings. The number of alkyl halides is 1. The van der Waals surface area contributed by atoms with Gasteiger partial charge in [-0.1, -0.05) is 36.4 Å². The second-order valence-electron chi connectivity index (χ2n) is 4.87. The van der Waals surface area contributed by atoms with Crippen LogP contribution in [0.5, 0.6) is 5.75 Å². The molecule has 1 unspecified atom stereocenters. The molecule has 0 amide bonds. The molecule has 0 aromatic heterocycles. The van der Waals surface area contributed by atoms with E-state index in [4.69, 9.17) is 15.6 Å². The Balaban J connectivity index is 2.37. The van der Waals surface area contributed by atoms with Crippen molar-refractivity contribution in [3.8, 4) is 16.9 Å². The van der Waals surface area contributed by atoms with Crippen LogP contribution in [-0.4, -0.2) is 30.4 Å². The SMILES string of the molecule is NC(Cc1cc(OCCF)ccc1-c1ccccc1)C(=O)O. The smallest absolute Gasteiger partial charge is 0.320 e. The summed E-state index contributed by atoms with van der Waals surface area (Å²) in [4.78, 5) is 11.0. The molecular formula is C17H18FNO3. The summed E-state index contributed by atoms with van der Waals surface area (Å²) in [5, 5.41) is 9.01. The molecule has 0 aliphatic carbocycles. The van der Waals surface area contributed by atoms with Gasteiger partial charge in [0.25, 0.3) is 0 Å². The van der Waals surface area contributed by atoms with E-state index in [-0.39, 0.29) is 13.0 Å². The van der Waals surface area contributed by atoms with E-state index in [1.807, 2.05) is 36.4 Å². The van der Waals surface area contributed by atoms with E-state index < -0.39 is 18.7 Å². The van der Waals surface area contributed by atoms with Crippen molar-refractivity contribution in [3.05, 3.63) is 54.1 Å². The molecule has 22 heavy (non-hydrogen) atoms. The zero-order valence-corrected chi connectivity index (χ0v) is 12.0. The minimum absolute atomic E-state index is 0.0326.